The normalized spacial score (nSPS) is 10.2. The molecule has 1 aromatic heterocycles. The molecule has 0 N–H and O–H groups in total. The number of aromatic nitrogens is 1. The van der Waals surface area contributed by atoms with E-state index >= 15 is 0 Å². The lowest BCUT2D eigenvalue weighted by molar-refractivity contribution is 0.0982. The van der Waals surface area contributed by atoms with Crippen LogP contribution in [0.2, 0.25) is 0 Å². The number of rotatable bonds is 6. The molecule has 3 heteroatoms. The highest BCUT2D eigenvalue weighted by atomic mass is 16.5. The highest BCUT2D eigenvalue weighted by Crippen LogP contribution is 2.15. The first-order valence-electron chi connectivity index (χ1n) is 6.44. The van der Waals surface area contributed by atoms with Crippen molar-refractivity contribution in [1.82, 2.24) is 4.98 Å². The van der Waals surface area contributed by atoms with Crippen LogP contribution in [0, 0.1) is 0 Å². The van der Waals surface area contributed by atoms with E-state index in [1.165, 1.54) is 0 Å². The summed E-state index contributed by atoms with van der Waals surface area (Å²) in [5.74, 6) is 0.885. The van der Waals surface area contributed by atoms with Crippen LogP contribution in [0.4, 0.5) is 0 Å². The van der Waals surface area contributed by atoms with Gasteiger partial charge < -0.3 is 4.74 Å². The molecule has 98 valence electrons. The summed E-state index contributed by atoms with van der Waals surface area (Å²) in [7, 11) is 0. The minimum Gasteiger partial charge on any atom is -0.494 e. The molecule has 0 unspecified atom stereocenters. The predicted molar refractivity (Wildman–Crippen MR) is 74.5 cm³/mol. The number of carbonyl (C=O) groups is 1. The third-order valence-electron chi connectivity index (χ3n) is 2.86. The minimum absolute atomic E-state index is 0.137. The number of Topliss-reactive ketones (excluding diaryl/α,β-unsaturated/α-hetero) is 1. The Morgan fingerprint density at radius 3 is 2.74 bits per heavy atom. The molecule has 2 rings (SSSR count). The molecule has 19 heavy (non-hydrogen) atoms. The van der Waals surface area contributed by atoms with Crippen LogP contribution in [-0.4, -0.2) is 17.4 Å². The topological polar surface area (TPSA) is 39.2 Å². The molecule has 0 bridgehead atoms. The van der Waals surface area contributed by atoms with Crippen LogP contribution in [0.15, 0.2) is 48.8 Å². The van der Waals surface area contributed by atoms with Gasteiger partial charge in [-0.1, -0.05) is 12.1 Å². The van der Waals surface area contributed by atoms with Crippen molar-refractivity contribution >= 4 is 5.78 Å². The highest BCUT2D eigenvalue weighted by molar-refractivity contribution is 5.96. The number of ketones is 1. The Morgan fingerprint density at radius 1 is 1.21 bits per heavy atom. The largest absolute Gasteiger partial charge is 0.494 e. The van der Waals surface area contributed by atoms with Gasteiger partial charge in [0.1, 0.15) is 5.75 Å². The SMILES string of the molecule is CCOc1cccc(C(=O)CCc2ccncc2)c1. The van der Waals surface area contributed by atoms with Gasteiger partial charge in [-0.15, -0.1) is 0 Å². The summed E-state index contributed by atoms with van der Waals surface area (Å²) in [4.78, 5) is 16.1. The lowest BCUT2D eigenvalue weighted by atomic mass is 10.0. The molecule has 0 fully saturated rings. The average molecular weight is 255 g/mol. The third-order valence-corrected chi connectivity index (χ3v) is 2.86. The van der Waals surface area contributed by atoms with Crippen molar-refractivity contribution in [2.75, 3.05) is 6.61 Å². The molecule has 3 nitrogen and oxygen atoms in total. The zero-order valence-electron chi connectivity index (χ0n) is 11.0. The molecule has 0 aliphatic carbocycles. The zero-order chi connectivity index (χ0) is 13.5. The summed E-state index contributed by atoms with van der Waals surface area (Å²) in [6, 6.07) is 11.2. The summed E-state index contributed by atoms with van der Waals surface area (Å²) < 4.78 is 5.40. The number of nitrogens with zero attached hydrogens (tertiary/aromatic N) is 1. The lowest BCUT2D eigenvalue weighted by Gasteiger charge is -2.05. The van der Waals surface area contributed by atoms with Gasteiger partial charge in [-0.2, -0.15) is 0 Å². The highest BCUT2D eigenvalue weighted by Gasteiger charge is 2.07. The van der Waals surface area contributed by atoms with E-state index in [0.29, 0.717) is 18.6 Å². The Hall–Kier alpha value is -2.16. The van der Waals surface area contributed by atoms with Gasteiger partial charge in [-0.25, -0.2) is 0 Å². The zero-order valence-corrected chi connectivity index (χ0v) is 11.0. The molecule has 0 saturated carbocycles. The Labute approximate surface area is 113 Å². The van der Waals surface area contributed by atoms with Crippen molar-refractivity contribution in [3.05, 3.63) is 59.9 Å². The van der Waals surface area contributed by atoms with E-state index in [4.69, 9.17) is 4.74 Å². The number of carbonyl (C=O) groups excluding carboxylic acids is 1. The summed E-state index contributed by atoms with van der Waals surface area (Å²) in [6.07, 6.45) is 4.73. The van der Waals surface area contributed by atoms with Crippen LogP contribution in [0.1, 0.15) is 29.3 Å². The molecule has 0 aliphatic heterocycles. The smallest absolute Gasteiger partial charge is 0.163 e. The molecule has 1 aromatic carbocycles. The number of pyridine rings is 1. The van der Waals surface area contributed by atoms with Crippen molar-refractivity contribution in [1.29, 1.82) is 0 Å². The maximum absolute atomic E-state index is 12.1. The molecule has 0 radical (unpaired) electrons. The summed E-state index contributed by atoms with van der Waals surface area (Å²) in [5.41, 5.74) is 1.84. The predicted octanol–water partition coefficient (Wildman–Crippen LogP) is 3.30. The van der Waals surface area contributed by atoms with Crippen molar-refractivity contribution in [3.8, 4) is 5.75 Å². The third kappa shape index (κ3) is 3.91. The lowest BCUT2D eigenvalue weighted by Crippen LogP contribution is -2.02. The Morgan fingerprint density at radius 2 is 2.00 bits per heavy atom. The van der Waals surface area contributed by atoms with E-state index in [0.717, 1.165) is 17.7 Å². The fourth-order valence-electron chi connectivity index (χ4n) is 1.88. The number of ether oxygens (including phenoxy) is 1. The average Bonchev–Trinajstić information content (AvgIpc) is 2.46. The van der Waals surface area contributed by atoms with Crippen molar-refractivity contribution in [3.63, 3.8) is 0 Å². The quantitative estimate of drug-likeness (QED) is 0.743. The van der Waals surface area contributed by atoms with Gasteiger partial charge in [0.05, 0.1) is 6.61 Å². The van der Waals surface area contributed by atoms with E-state index in [-0.39, 0.29) is 5.78 Å². The molecule has 0 saturated heterocycles. The van der Waals surface area contributed by atoms with Gasteiger partial charge in [0.25, 0.3) is 0 Å². The molecule has 0 atom stereocenters. The number of hydrogen-bond acceptors (Lipinski definition) is 3. The maximum atomic E-state index is 12.1. The first-order chi connectivity index (χ1) is 9.29. The van der Waals surface area contributed by atoms with Crippen LogP contribution in [0.3, 0.4) is 0 Å². The van der Waals surface area contributed by atoms with E-state index in [2.05, 4.69) is 4.98 Å². The summed E-state index contributed by atoms with van der Waals surface area (Å²) in [6.45, 7) is 2.53. The van der Waals surface area contributed by atoms with Crippen LogP contribution < -0.4 is 4.74 Å². The number of aryl methyl sites for hydroxylation is 1. The molecule has 2 aromatic rings. The second-order valence-corrected chi connectivity index (χ2v) is 4.24. The fourth-order valence-corrected chi connectivity index (χ4v) is 1.88. The van der Waals surface area contributed by atoms with Crippen molar-refractivity contribution in [2.24, 2.45) is 0 Å². The molecule has 0 spiro atoms. The number of benzene rings is 1. The van der Waals surface area contributed by atoms with Gasteiger partial charge in [-0.05, 0) is 43.2 Å². The molecule has 0 aliphatic rings. The summed E-state index contributed by atoms with van der Waals surface area (Å²) >= 11 is 0. The standard InChI is InChI=1S/C16H17NO2/c1-2-19-15-5-3-4-14(12-15)16(18)7-6-13-8-10-17-11-9-13/h3-5,8-12H,2,6-7H2,1H3. The van der Waals surface area contributed by atoms with Gasteiger partial charge >= 0.3 is 0 Å². The number of hydrogen-bond donors (Lipinski definition) is 0. The second kappa shape index (κ2) is 6.69. The fraction of sp³-hybridized carbons (Fsp3) is 0.250. The molecular formula is C16H17NO2. The van der Waals surface area contributed by atoms with Crippen molar-refractivity contribution < 1.29 is 9.53 Å². The summed E-state index contributed by atoms with van der Waals surface area (Å²) in [5, 5.41) is 0. The molecule has 0 amide bonds. The molecule has 1 heterocycles. The van der Waals surface area contributed by atoms with Crippen LogP contribution in [0.5, 0.6) is 5.75 Å². The van der Waals surface area contributed by atoms with Gasteiger partial charge in [0.15, 0.2) is 5.78 Å². The van der Waals surface area contributed by atoms with Crippen LogP contribution in [-0.2, 0) is 6.42 Å². The first kappa shape index (κ1) is 13.3. The van der Waals surface area contributed by atoms with E-state index in [1.54, 1.807) is 18.5 Å². The maximum Gasteiger partial charge on any atom is 0.163 e. The van der Waals surface area contributed by atoms with Gasteiger partial charge in [0, 0.05) is 24.4 Å². The Balaban J connectivity index is 1.98. The van der Waals surface area contributed by atoms with E-state index < -0.39 is 0 Å². The second-order valence-electron chi connectivity index (χ2n) is 4.24. The minimum atomic E-state index is 0.137. The monoisotopic (exact) mass is 255 g/mol. The van der Waals surface area contributed by atoms with Crippen molar-refractivity contribution in [2.45, 2.75) is 19.8 Å². The van der Waals surface area contributed by atoms with Crippen LogP contribution in [0.25, 0.3) is 0 Å². The Kier molecular flexibility index (Phi) is 4.67. The Bertz CT molecular complexity index is 537. The first-order valence-corrected chi connectivity index (χ1v) is 6.44. The molecular weight excluding hydrogens is 238 g/mol. The van der Waals surface area contributed by atoms with Gasteiger partial charge in [0.2, 0.25) is 0 Å². The van der Waals surface area contributed by atoms with Gasteiger partial charge in [-0.3, -0.25) is 9.78 Å². The van der Waals surface area contributed by atoms with E-state index in [9.17, 15) is 4.79 Å². The van der Waals surface area contributed by atoms with Crippen LogP contribution >= 0.6 is 0 Å². The van der Waals surface area contributed by atoms with E-state index in [1.807, 2.05) is 37.3 Å².